The first kappa shape index (κ1) is 10.9. The summed E-state index contributed by atoms with van der Waals surface area (Å²) in [5.41, 5.74) is 10.4. The van der Waals surface area contributed by atoms with E-state index in [1.54, 1.807) is 0 Å². The van der Waals surface area contributed by atoms with Crippen molar-refractivity contribution in [3.63, 3.8) is 0 Å². The molecule has 0 amide bonds. The van der Waals surface area contributed by atoms with Gasteiger partial charge in [-0.05, 0) is 31.9 Å². The number of nitrogens with one attached hydrogen (secondary N) is 1. The Hall–Kier alpha value is -1.61. The Kier molecular flexibility index (Phi) is 3.37. The van der Waals surface area contributed by atoms with Crippen LogP contribution in [0.15, 0.2) is 30.5 Å². The average Bonchev–Trinajstić information content (AvgIpc) is 2.74. The van der Waals surface area contributed by atoms with Gasteiger partial charge in [0.15, 0.2) is 0 Å². The molecular formula is C13H17N3. The Balaban J connectivity index is 2.29. The molecule has 0 bridgehead atoms. The van der Waals surface area contributed by atoms with Gasteiger partial charge in [0.25, 0.3) is 0 Å². The summed E-state index contributed by atoms with van der Waals surface area (Å²) in [4.78, 5) is 0. The van der Waals surface area contributed by atoms with E-state index >= 15 is 0 Å². The van der Waals surface area contributed by atoms with Crippen LogP contribution in [0.25, 0.3) is 11.1 Å². The number of aryl methyl sites for hydroxylation is 2. The third kappa shape index (κ3) is 2.31. The van der Waals surface area contributed by atoms with E-state index in [0.29, 0.717) is 6.54 Å². The molecule has 0 radical (unpaired) electrons. The summed E-state index contributed by atoms with van der Waals surface area (Å²) in [6.07, 6.45) is 3.83. The standard InChI is InChI=1S/C13H17N3/c1-10-4-2-5-11(8-10)12-9-15-16-13(12)6-3-7-14/h2,4-5,8-9H,3,6-7,14H2,1H3,(H,15,16). The van der Waals surface area contributed by atoms with Gasteiger partial charge in [0.05, 0.1) is 6.20 Å². The van der Waals surface area contributed by atoms with Crippen molar-refractivity contribution in [1.82, 2.24) is 10.2 Å². The summed E-state index contributed by atoms with van der Waals surface area (Å²) < 4.78 is 0. The molecule has 0 saturated carbocycles. The van der Waals surface area contributed by atoms with E-state index in [4.69, 9.17) is 5.73 Å². The Bertz CT molecular complexity index is 460. The van der Waals surface area contributed by atoms with Crippen molar-refractivity contribution in [2.45, 2.75) is 19.8 Å². The maximum Gasteiger partial charge on any atom is 0.0568 e. The number of nitrogens with two attached hydrogens (primary N) is 1. The number of hydrogen-bond acceptors (Lipinski definition) is 2. The molecule has 0 spiro atoms. The smallest absolute Gasteiger partial charge is 0.0568 e. The van der Waals surface area contributed by atoms with Crippen molar-refractivity contribution >= 4 is 0 Å². The maximum atomic E-state index is 5.52. The molecule has 0 saturated heterocycles. The quantitative estimate of drug-likeness (QED) is 0.822. The fourth-order valence-electron chi connectivity index (χ4n) is 1.84. The summed E-state index contributed by atoms with van der Waals surface area (Å²) >= 11 is 0. The number of benzene rings is 1. The number of hydrogen-bond donors (Lipinski definition) is 2. The van der Waals surface area contributed by atoms with Crippen LogP contribution in [0, 0.1) is 6.92 Å². The van der Waals surface area contributed by atoms with Crippen LogP contribution in [0.3, 0.4) is 0 Å². The van der Waals surface area contributed by atoms with Crippen molar-refractivity contribution in [2.75, 3.05) is 6.54 Å². The van der Waals surface area contributed by atoms with Crippen molar-refractivity contribution in [3.8, 4) is 11.1 Å². The van der Waals surface area contributed by atoms with E-state index in [-0.39, 0.29) is 0 Å². The molecule has 16 heavy (non-hydrogen) atoms. The van der Waals surface area contributed by atoms with Gasteiger partial charge in [-0.25, -0.2) is 0 Å². The number of aromatic nitrogens is 2. The Labute approximate surface area is 95.7 Å². The molecule has 3 heteroatoms. The minimum absolute atomic E-state index is 0.715. The zero-order valence-corrected chi connectivity index (χ0v) is 9.53. The van der Waals surface area contributed by atoms with Crippen molar-refractivity contribution in [3.05, 3.63) is 41.7 Å². The molecule has 0 aliphatic heterocycles. The van der Waals surface area contributed by atoms with Gasteiger partial charge in [0, 0.05) is 11.3 Å². The fourth-order valence-corrected chi connectivity index (χ4v) is 1.84. The third-order valence-electron chi connectivity index (χ3n) is 2.68. The highest BCUT2D eigenvalue weighted by Gasteiger charge is 2.06. The molecule has 1 aromatic carbocycles. The second-order valence-electron chi connectivity index (χ2n) is 4.02. The number of nitrogens with zero attached hydrogens (tertiary/aromatic N) is 1. The van der Waals surface area contributed by atoms with Gasteiger partial charge in [0.2, 0.25) is 0 Å². The van der Waals surface area contributed by atoms with Gasteiger partial charge in [-0.1, -0.05) is 29.8 Å². The maximum absolute atomic E-state index is 5.52. The van der Waals surface area contributed by atoms with E-state index < -0.39 is 0 Å². The lowest BCUT2D eigenvalue weighted by atomic mass is 10.0. The molecule has 0 atom stereocenters. The van der Waals surface area contributed by atoms with Gasteiger partial charge >= 0.3 is 0 Å². The molecule has 3 N–H and O–H groups in total. The molecule has 1 heterocycles. The molecule has 0 aliphatic rings. The van der Waals surface area contributed by atoms with Crippen LogP contribution in [0.4, 0.5) is 0 Å². The molecule has 0 aliphatic carbocycles. The van der Waals surface area contributed by atoms with E-state index in [0.717, 1.165) is 12.8 Å². The van der Waals surface area contributed by atoms with Gasteiger partial charge in [-0.2, -0.15) is 5.10 Å². The highest BCUT2D eigenvalue weighted by atomic mass is 15.1. The largest absolute Gasteiger partial charge is 0.330 e. The Morgan fingerprint density at radius 3 is 3.00 bits per heavy atom. The Morgan fingerprint density at radius 2 is 2.25 bits per heavy atom. The lowest BCUT2D eigenvalue weighted by Crippen LogP contribution is -2.01. The average molecular weight is 215 g/mol. The highest BCUT2D eigenvalue weighted by molar-refractivity contribution is 5.65. The topological polar surface area (TPSA) is 54.7 Å². The summed E-state index contributed by atoms with van der Waals surface area (Å²) in [5, 5.41) is 7.17. The van der Waals surface area contributed by atoms with E-state index in [1.165, 1.54) is 22.4 Å². The summed E-state index contributed by atoms with van der Waals surface area (Å²) in [6.45, 7) is 2.81. The van der Waals surface area contributed by atoms with Crippen LogP contribution in [0.2, 0.25) is 0 Å². The van der Waals surface area contributed by atoms with Crippen LogP contribution in [-0.2, 0) is 6.42 Å². The molecule has 0 unspecified atom stereocenters. The molecule has 1 aromatic heterocycles. The normalized spacial score (nSPS) is 10.6. The molecule has 3 nitrogen and oxygen atoms in total. The number of rotatable bonds is 4. The summed E-state index contributed by atoms with van der Waals surface area (Å²) in [5.74, 6) is 0. The second kappa shape index (κ2) is 4.94. The van der Waals surface area contributed by atoms with Gasteiger partial charge < -0.3 is 5.73 Å². The third-order valence-corrected chi connectivity index (χ3v) is 2.68. The zero-order valence-electron chi connectivity index (χ0n) is 9.53. The summed E-state index contributed by atoms with van der Waals surface area (Å²) in [6, 6.07) is 8.47. The highest BCUT2D eigenvalue weighted by Crippen LogP contribution is 2.23. The minimum atomic E-state index is 0.715. The fraction of sp³-hybridized carbons (Fsp3) is 0.308. The molecule has 2 aromatic rings. The van der Waals surface area contributed by atoms with Crippen molar-refractivity contribution in [1.29, 1.82) is 0 Å². The van der Waals surface area contributed by atoms with Crippen LogP contribution >= 0.6 is 0 Å². The summed E-state index contributed by atoms with van der Waals surface area (Å²) in [7, 11) is 0. The van der Waals surface area contributed by atoms with Crippen LogP contribution in [0.1, 0.15) is 17.7 Å². The number of H-pyrrole nitrogens is 1. The second-order valence-corrected chi connectivity index (χ2v) is 4.02. The molecule has 2 rings (SSSR count). The number of aromatic amines is 1. The first-order chi connectivity index (χ1) is 7.81. The van der Waals surface area contributed by atoms with Crippen LogP contribution in [0.5, 0.6) is 0 Å². The lowest BCUT2D eigenvalue weighted by Gasteiger charge is -2.03. The predicted molar refractivity (Wildman–Crippen MR) is 66.1 cm³/mol. The molecule has 0 fully saturated rings. The van der Waals surface area contributed by atoms with Crippen LogP contribution < -0.4 is 5.73 Å². The van der Waals surface area contributed by atoms with E-state index in [9.17, 15) is 0 Å². The molecular weight excluding hydrogens is 198 g/mol. The predicted octanol–water partition coefficient (Wildman–Crippen LogP) is 2.28. The van der Waals surface area contributed by atoms with Crippen LogP contribution in [-0.4, -0.2) is 16.7 Å². The Morgan fingerprint density at radius 1 is 1.38 bits per heavy atom. The van der Waals surface area contributed by atoms with Gasteiger partial charge in [0.1, 0.15) is 0 Å². The van der Waals surface area contributed by atoms with Crippen molar-refractivity contribution in [2.24, 2.45) is 5.73 Å². The molecule has 84 valence electrons. The first-order valence-corrected chi connectivity index (χ1v) is 5.60. The van der Waals surface area contributed by atoms with E-state index in [1.807, 2.05) is 6.20 Å². The van der Waals surface area contributed by atoms with Crippen molar-refractivity contribution < 1.29 is 0 Å². The SMILES string of the molecule is Cc1cccc(-c2cn[nH]c2CCCN)c1. The monoisotopic (exact) mass is 215 g/mol. The zero-order chi connectivity index (χ0) is 11.4. The van der Waals surface area contributed by atoms with E-state index in [2.05, 4.69) is 41.4 Å². The van der Waals surface area contributed by atoms with Gasteiger partial charge in [-0.3, -0.25) is 5.10 Å². The first-order valence-electron chi connectivity index (χ1n) is 5.60. The lowest BCUT2D eigenvalue weighted by molar-refractivity contribution is 0.805. The minimum Gasteiger partial charge on any atom is -0.330 e. The van der Waals surface area contributed by atoms with Gasteiger partial charge in [-0.15, -0.1) is 0 Å².